The number of aryl methyl sites for hydroxylation is 1. The lowest BCUT2D eigenvalue weighted by atomic mass is 9.95. The molecule has 0 unspecified atom stereocenters. The normalized spacial score (nSPS) is 14.7. The molecule has 1 aromatic carbocycles. The van der Waals surface area contributed by atoms with Crippen LogP contribution in [0, 0.1) is 13.8 Å². The maximum atomic E-state index is 12.4. The average molecular weight is 401 g/mol. The van der Waals surface area contributed by atoms with Crippen molar-refractivity contribution in [1.29, 1.82) is 0 Å². The van der Waals surface area contributed by atoms with Crippen LogP contribution in [0.3, 0.4) is 0 Å². The summed E-state index contributed by atoms with van der Waals surface area (Å²) in [5.41, 5.74) is 3.49. The Morgan fingerprint density at radius 2 is 1.82 bits per heavy atom. The summed E-state index contributed by atoms with van der Waals surface area (Å²) < 4.78 is 2.34. The highest BCUT2D eigenvalue weighted by Crippen LogP contribution is 2.34. The van der Waals surface area contributed by atoms with Crippen molar-refractivity contribution in [3.63, 3.8) is 0 Å². The molecule has 2 amide bonds. The Kier molecular flexibility index (Phi) is 6.78. The molecule has 1 aliphatic rings. The summed E-state index contributed by atoms with van der Waals surface area (Å²) in [6.07, 6.45) is 6.21. The van der Waals surface area contributed by atoms with Crippen LogP contribution in [-0.2, 0) is 4.79 Å². The second-order valence-corrected chi connectivity index (χ2v) is 8.16. The summed E-state index contributed by atoms with van der Waals surface area (Å²) in [5.74, 6) is 0.0831. The van der Waals surface area contributed by atoms with E-state index in [1.165, 1.54) is 49.6 Å². The van der Waals surface area contributed by atoms with Gasteiger partial charge in [-0.3, -0.25) is 9.59 Å². The molecule has 3 rings (SSSR count). The zero-order chi connectivity index (χ0) is 20.1. The van der Waals surface area contributed by atoms with Gasteiger partial charge in [-0.1, -0.05) is 31.0 Å². The van der Waals surface area contributed by atoms with Gasteiger partial charge in [0.25, 0.3) is 5.91 Å². The van der Waals surface area contributed by atoms with E-state index in [4.69, 9.17) is 4.98 Å². The van der Waals surface area contributed by atoms with E-state index in [2.05, 4.69) is 22.1 Å². The topological polar surface area (TPSA) is 76.0 Å². The molecule has 1 saturated carbocycles. The van der Waals surface area contributed by atoms with Crippen molar-refractivity contribution in [1.82, 2.24) is 14.9 Å². The molecule has 1 aromatic heterocycles. The minimum Gasteiger partial charge on any atom is -0.355 e. The molecule has 0 saturated heterocycles. The standard InChI is InChI=1S/C21H28N4O2S/c1-14-15(2)25(18-7-5-4-6-8-18)21(23-14)28-13-19(26)24-17-11-9-16(10-12-17)20(27)22-3/h9-12,18H,4-8,13H2,1-3H3,(H,22,27)(H,24,26). The number of nitrogens with one attached hydrogen (secondary N) is 2. The molecular formula is C21H28N4O2S. The molecule has 0 atom stereocenters. The first-order chi connectivity index (χ1) is 13.5. The van der Waals surface area contributed by atoms with Crippen molar-refractivity contribution in [3.8, 4) is 0 Å². The predicted molar refractivity (Wildman–Crippen MR) is 113 cm³/mol. The average Bonchev–Trinajstić information content (AvgIpc) is 3.00. The number of thioether (sulfide) groups is 1. The Bertz CT molecular complexity index is 839. The van der Waals surface area contributed by atoms with Crippen LogP contribution < -0.4 is 10.6 Å². The quantitative estimate of drug-likeness (QED) is 0.716. The van der Waals surface area contributed by atoms with Gasteiger partial charge in [-0.05, 0) is 51.0 Å². The summed E-state index contributed by atoms with van der Waals surface area (Å²) in [4.78, 5) is 28.7. The smallest absolute Gasteiger partial charge is 0.251 e. The van der Waals surface area contributed by atoms with E-state index < -0.39 is 0 Å². The van der Waals surface area contributed by atoms with E-state index in [-0.39, 0.29) is 11.8 Å². The van der Waals surface area contributed by atoms with Crippen LogP contribution in [0.15, 0.2) is 29.4 Å². The number of carbonyl (C=O) groups excluding carboxylic acids is 2. The number of hydrogen-bond donors (Lipinski definition) is 2. The fraction of sp³-hybridized carbons (Fsp3) is 0.476. The van der Waals surface area contributed by atoms with Crippen LogP contribution in [-0.4, -0.2) is 34.2 Å². The molecular weight excluding hydrogens is 372 g/mol. The van der Waals surface area contributed by atoms with Gasteiger partial charge in [0.15, 0.2) is 5.16 Å². The summed E-state index contributed by atoms with van der Waals surface area (Å²) >= 11 is 1.49. The van der Waals surface area contributed by atoms with Crippen molar-refractivity contribution >= 4 is 29.3 Å². The molecule has 0 radical (unpaired) electrons. The largest absolute Gasteiger partial charge is 0.355 e. The lowest BCUT2D eigenvalue weighted by Gasteiger charge is -2.26. The van der Waals surface area contributed by atoms with Gasteiger partial charge in [0.2, 0.25) is 5.91 Å². The zero-order valence-corrected chi connectivity index (χ0v) is 17.6. The Balaban J connectivity index is 1.61. The Morgan fingerprint density at radius 1 is 1.14 bits per heavy atom. The van der Waals surface area contributed by atoms with Crippen molar-refractivity contribution < 1.29 is 9.59 Å². The SMILES string of the molecule is CNC(=O)c1ccc(NC(=O)CSc2nc(C)c(C)n2C2CCCCC2)cc1. The number of aromatic nitrogens is 2. The van der Waals surface area contributed by atoms with Crippen molar-refractivity contribution in [2.24, 2.45) is 0 Å². The summed E-state index contributed by atoms with van der Waals surface area (Å²) in [6, 6.07) is 7.38. The number of hydrogen-bond acceptors (Lipinski definition) is 4. The van der Waals surface area contributed by atoms with E-state index in [1.807, 2.05) is 6.92 Å². The van der Waals surface area contributed by atoms with Crippen LogP contribution in [0.1, 0.15) is 59.9 Å². The number of benzene rings is 1. The first-order valence-electron chi connectivity index (χ1n) is 9.80. The van der Waals surface area contributed by atoms with Gasteiger partial charge in [-0.2, -0.15) is 0 Å². The van der Waals surface area contributed by atoms with Crippen molar-refractivity contribution in [2.45, 2.75) is 57.1 Å². The van der Waals surface area contributed by atoms with Gasteiger partial charge in [0.1, 0.15) is 0 Å². The van der Waals surface area contributed by atoms with Gasteiger partial charge in [-0.15, -0.1) is 0 Å². The van der Waals surface area contributed by atoms with Gasteiger partial charge in [-0.25, -0.2) is 4.98 Å². The third-order valence-electron chi connectivity index (χ3n) is 5.28. The predicted octanol–water partition coefficient (Wildman–Crippen LogP) is 4.10. The minimum atomic E-state index is -0.145. The molecule has 0 aliphatic heterocycles. The lowest BCUT2D eigenvalue weighted by molar-refractivity contribution is -0.113. The van der Waals surface area contributed by atoms with E-state index in [0.29, 0.717) is 23.0 Å². The highest BCUT2D eigenvalue weighted by molar-refractivity contribution is 7.99. The number of imidazole rings is 1. The van der Waals surface area contributed by atoms with E-state index in [0.717, 1.165) is 10.9 Å². The highest BCUT2D eigenvalue weighted by Gasteiger charge is 2.22. The van der Waals surface area contributed by atoms with Crippen LogP contribution >= 0.6 is 11.8 Å². The molecule has 1 heterocycles. The molecule has 1 fully saturated rings. The van der Waals surface area contributed by atoms with Crippen molar-refractivity contribution in [2.75, 3.05) is 18.1 Å². The molecule has 0 spiro atoms. The van der Waals surface area contributed by atoms with Crippen LogP contribution in [0.2, 0.25) is 0 Å². The van der Waals surface area contributed by atoms with Gasteiger partial charge >= 0.3 is 0 Å². The molecule has 6 nitrogen and oxygen atoms in total. The van der Waals surface area contributed by atoms with Crippen LogP contribution in [0.5, 0.6) is 0 Å². The highest BCUT2D eigenvalue weighted by atomic mass is 32.2. The third kappa shape index (κ3) is 4.76. The molecule has 2 N–H and O–H groups in total. The lowest BCUT2D eigenvalue weighted by Crippen LogP contribution is -2.18. The van der Waals surface area contributed by atoms with Crippen LogP contribution in [0.4, 0.5) is 5.69 Å². The zero-order valence-electron chi connectivity index (χ0n) is 16.7. The summed E-state index contributed by atoms with van der Waals surface area (Å²) in [6.45, 7) is 4.15. The number of rotatable bonds is 6. The molecule has 1 aliphatic carbocycles. The van der Waals surface area contributed by atoms with Crippen molar-refractivity contribution in [3.05, 3.63) is 41.2 Å². The second-order valence-electron chi connectivity index (χ2n) is 7.22. The monoisotopic (exact) mass is 400 g/mol. The fourth-order valence-electron chi connectivity index (χ4n) is 3.64. The fourth-order valence-corrected chi connectivity index (χ4v) is 4.60. The third-order valence-corrected chi connectivity index (χ3v) is 6.24. The van der Waals surface area contributed by atoms with E-state index >= 15 is 0 Å². The number of anilines is 1. The number of nitrogens with zero attached hydrogens (tertiary/aromatic N) is 2. The first kappa shape index (κ1) is 20.5. The molecule has 0 bridgehead atoms. The molecule has 7 heteroatoms. The van der Waals surface area contributed by atoms with Gasteiger partial charge in [0, 0.05) is 30.0 Å². The van der Waals surface area contributed by atoms with Gasteiger partial charge in [0.05, 0.1) is 11.4 Å². The molecule has 28 heavy (non-hydrogen) atoms. The number of carbonyl (C=O) groups is 2. The molecule has 150 valence electrons. The Morgan fingerprint density at radius 3 is 2.46 bits per heavy atom. The van der Waals surface area contributed by atoms with Crippen LogP contribution in [0.25, 0.3) is 0 Å². The molecule has 2 aromatic rings. The summed E-state index contributed by atoms with van der Waals surface area (Å²) in [7, 11) is 1.59. The maximum absolute atomic E-state index is 12.4. The second kappa shape index (κ2) is 9.28. The first-order valence-corrected chi connectivity index (χ1v) is 10.8. The summed E-state index contributed by atoms with van der Waals surface area (Å²) in [5, 5.41) is 6.41. The Labute approximate surface area is 170 Å². The van der Waals surface area contributed by atoms with E-state index in [9.17, 15) is 9.59 Å². The van der Waals surface area contributed by atoms with Gasteiger partial charge < -0.3 is 15.2 Å². The minimum absolute atomic E-state index is 0.0776. The number of amides is 2. The Hall–Kier alpha value is -2.28. The maximum Gasteiger partial charge on any atom is 0.251 e. The van der Waals surface area contributed by atoms with E-state index in [1.54, 1.807) is 31.3 Å².